The maximum atomic E-state index is 3.55. The summed E-state index contributed by atoms with van der Waals surface area (Å²) in [7, 11) is 0. The standard InChI is InChI=1S/C16H34N2/c1-8-9-10-11-12-13-14(17-15(2,3)4)18-16(5,6)7/h13,17-18H,8-12H2,1-7H3. The average Bonchev–Trinajstić information content (AvgIpc) is 2.12. The Kier molecular flexibility index (Phi) is 7.42. The molecule has 0 aromatic carbocycles. The molecule has 0 aromatic rings. The van der Waals surface area contributed by atoms with Gasteiger partial charge in [0.2, 0.25) is 0 Å². The fourth-order valence-corrected chi connectivity index (χ4v) is 1.76. The third-order valence-electron chi connectivity index (χ3n) is 2.43. The summed E-state index contributed by atoms with van der Waals surface area (Å²) >= 11 is 0. The molecular formula is C16H34N2. The minimum absolute atomic E-state index is 0.105. The molecule has 0 aromatic heterocycles. The molecule has 0 radical (unpaired) electrons. The average molecular weight is 254 g/mol. The van der Waals surface area contributed by atoms with E-state index in [1.807, 2.05) is 0 Å². The van der Waals surface area contributed by atoms with E-state index in [1.54, 1.807) is 0 Å². The first-order valence-electron chi connectivity index (χ1n) is 7.40. The molecule has 0 fully saturated rings. The van der Waals surface area contributed by atoms with E-state index >= 15 is 0 Å². The van der Waals surface area contributed by atoms with Gasteiger partial charge < -0.3 is 10.6 Å². The molecule has 2 nitrogen and oxygen atoms in total. The molecule has 2 N–H and O–H groups in total. The second-order valence-corrected chi connectivity index (χ2v) is 7.22. The minimum Gasteiger partial charge on any atom is -0.368 e. The summed E-state index contributed by atoms with van der Waals surface area (Å²) in [6.07, 6.45) is 8.74. The summed E-state index contributed by atoms with van der Waals surface area (Å²) in [6, 6.07) is 0. The molecule has 18 heavy (non-hydrogen) atoms. The highest BCUT2D eigenvalue weighted by Crippen LogP contribution is 2.10. The SMILES string of the molecule is CCCCCCC=C(NC(C)(C)C)NC(C)(C)C. The summed E-state index contributed by atoms with van der Waals surface area (Å²) in [5.74, 6) is 1.17. The number of rotatable bonds is 7. The van der Waals surface area contributed by atoms with Gasteiger partial charge in [-0.25, -0.2) is 0 Å². The zero-order valence-electron chi connectivity index (χ0n) is 13.6. The predicted molar refractivity (Wildman–Crippen MR) is 82.6 cm³/mol. The van der Waals surface area contributed by atoms with Crippen molar-refractivity contribution in [1.82, 2.24) is 10.6 Å². The number of hydrogen-bond donors (Lipinski definition) is 2. The molecule has 0 aliphatic carbocycles. The van der Waals surface area contributed by atoms with Crippen LogP contribution in [-0.2, 0) is 0 Å². The molecule has 0 bridgehead atoms. The smallest absolute Gasteiger partial charge is 0.0953 e. The van der Waals surface area contributed by atoms with Gasteiger partial charge in [-0.2, -0.15) is 0 Å². The van der Waals surface area contributed by atoms with E-state index in [2.05, 4.69) is 65.2 Å². The molecule has 0 rings (SSSR count). The minimum atomic E-state index is 0.105. The predicted octanol–water partition coefficient (Wildman–Crippen LogP) is 4.57. The number of allylic oxidation sites excluding steroid dienone is 1. The van der Waals surface area contributed by atoms with Gasteiger partial charge in [0.25, 0.3) is 0 Å². The normalized spacial score (nSPS) is 12.2. The van der Waals surface area contributed by atoms with Crippen LogP contribution in [0.5, 0.6) is 0 Å². The van der Waals surface area contributed by atoms with Gasteiger partial charge in [-0.1, -0.05) is 26.2 Å². The van der Waals surface area contributed by atoms with Crippen LogP contribution in [0.15, 0.2) is 11.9 Å². The van der Waals surface area contributed by atoms with Crippen LogP contribution in [-0.4, -0.2) is 11.1 Å². The van der Waals surface area contributed by atoms with Crippen LogP contribution < -0.4 is 10.6 Å². The highest BCUT2D eigenvalue weighted by molar-refractivity contribution is 5.03. The zero-order chi connectivity index (χ0) is 14.2. The van der Waals surface area contributed by atoms with Crippen molar-refractivity contribution in [2.24, 2.45) is 0 Å². The summed E-state index contributed by atoms with van der Waals surface area (Å²) < 4.78 is 0. The first-order chi connectivity index (χ1) is 8.14. The van der Waals surface area contributed by atoms with Crippen molar-refractivity contribution in [2.75, 3.05) is 0 Å². The van der Waals surface area contributed by atoms with E-state index in [1.165, 1.54) is 31.5 Å². The second-order valence-electron chi connectivity index (χ2n) is 7.22. The van der Waals surface area contributed by atoms with Gasteiger partial charge in [0.15, 0.2) is 0 Å². The first-order valence-corrected chi connectivity index (χ1v) is 7.40. The summed E-state index contributed by atoms with van der Waals surface area (Å²) in [5, 5.41) is 7.11. The van der Waals surface area contributed by atoms with E-state index in [9.17, 15) is 0 Å². The van der Waals surface area contributed by atoms with Crippen LogP contribution in [0.3, 0.4) is 0 Å². The molecule has 2 heteroatoms. The third-order valence-corrected chi connectivity index (χ3v) is 2.43. The Bertz CT molecular complexity index is 223. The maximum Gasteiger partial charge on any atom is 0.0953 e. The van der Waals surface area contributed by atoms with E-state index in [-0.39, 0.29) is 11.1 Å². The van der Waals surface area contributed by atoms with E-state index in [0.717, 1.165) is 6.42 Å². The maximum absolute atomic E-state index is 3.55. The number of unbranched alkanes of at least 4 members (excludes halogenated alkanes) is 4. The molecule has 0 aliphatic rings. The van der Waals surface area contributed by atoms with E-state index in [4.69, 9.17) is 0 Å². The van der Waals surface area contributed by atoms with Gasteiger partial charge in [-0.3, -0.25) is 0 Å². The van der Waals surface area contributed by atoms with Crippen molar-refractivity contribution in [3.05, 3.63) is 11.9 Å². The molecule has 0 aliphatic heterocycles. The third kappa shape index (κ3) is 11.8. The molecule has 108 valence electrons. The molecule has 0 unspecified atom stereocenters. The fraction of sp³-hybridized carbons (Fsp3) is 0.875. The molecule has 0 spiro atoms. The van der Waals surface area contributed by atoms with Crippen molar-refractivity contribution in [3.8, 4) is 0 Å². The Balaban J connectivity index is 4.32. The quantitative estimate of drug-likeness (QED) is 0.650. The molecule has 0 saturated heterocycles. The monoisotopic (exact) mass is 254 g/mol. The van der Waals surface area contributed by atoms with E-state index in [0.29, 0.717) is 0 Å². The fourth-order valence-electron chi connectivity index (χ4n) is 1.76. The van der Waals surface area contributed by atoms with Gasteiger partial charge >= 0.3 is 0 Å². The van der Waals surface area contributed by atoms with Crippen molar-refractivity contribution >= 4 is 0 Å². The van der Waals surface area contributed by atoms with Crippen LogP contribution >= 0.6 is 0 Å². The molecule has 0 atom stereocenters. The highest BCUT2D eigenvalue weighted by Gasteiger charge is 2.15. The van der Waals surface area contributed by atoms with E-state index < -0.39 is 0 Å². The Morgan fingerprint density at radius 3 is 1.72 bits per heavy atom. The van der Waals surface area contributed by atoms with Crippen molar-refractivity contribution in [3.63, 3.8) is 0 Å². The highest BCUT2D eigenvalue weighted by atomic mass is 15.1. The van der Waals surface area contributed by atoms with Gasteiger partial charge in [0.05, 0.1) is 5.82 Å². The van der Waals surface area contributed by atoms with Crippen LogP contribution in [0.1, 0.15) is 80.6 Å². The lowest BCUT2D eigenvalue weighted by Gasteiger charge is -2.31. The van der Waals surface area contributed by atoms with Gasteiger partial charge in [0, 0.05) is 11.1 Å². The Hall–Kier alpha value is -0.660. The van der Waals surface area contributed by atoms with Gasteiger partial charge in [-0.15, -0.1) is 0 Å². The summed E-state index contributed by atoms with van der Waals surface area (Å²) in [4.78, 5) is 0. The first kappa shape index (κ1) is 17.3. The van der Waals surface area contributed by atoms with Gasteiger partial charge in [0.1, 0.15) is 0 Å². The number of nitrogens with one attached hydrogen (secondary N) is 2. The van der Waals surface area contributed by atoms with Crippen LogP contribution in [0.2, 0.25) is 0 Å². The van der Waals surface area contributed by atoms with Crippen molar-refractivity contribution < 1.29 is 0 Å². The van der Waals surface area contributed by atoms with Crippen molar-refractivity contribution in [2.45, 2.75) is 91.6 Å². The van der Waals surface area contributed by atoms with Gasteiger partial charge in [-0.05, 0) is 60.5 Å². The lowest BCUT2D eigenvalue weighted by Crippen LogP contribution is -2.46. The summed E-state index contributed by atoms with van der Waals surface area (Å²) in [6.45, 7) is 15.4. The zero-order valence-corrected chi connectivity index (χ0v) is 13.6. The Labute approximate surface area is 115 Å². The molecule has 0 heterocycles. The Morgan fingerprint density at radius 2 is 1.33 bits per heavy atom. The van der Waals surface area contributed by atoms with Crippen LogP contribution in [0.4, 0.5) is 0 Å². The topological polar surface area (TPSA) is 24.1 Å². The largest absolute Gasteiger partial charge is 0.368 e. The second kappa shape index (κ2) is 7.70. The lowest BCUT2D eigenvalue weighted by molar-refractivity contribution is 0.396. The van der Waals surface area contributed by atoms with Crippen molar-refractivity contribution in [1.29, 1.82) is 0 Å². The number of hydrogen-bond acceptors (Lipinski definition) is 2. The lowest BCUT2D eigenvalue weighted by atomic mass is 10.1. The Morgan fingerprint density at radius 1 is 0.833 bits per heavy atom. The van der Waals surface area contributed by atoms with Crippen LogP contribution in [0.25, 0.3) is 0 Å². The summed E-state index contributed by atoms with van der Waals surface area (Å²) in [5.41, 5.74) is 0.209. The van der Waals surface area contributed by atoms with Crippen LogP contribution in [0, 0.1) is 0 Å². The molecule has 0 saturated carbocycles. The molecule has 0 amide bonds. The molecular weight excluding hydrogens is 220 g/mol.